The van der Waals surface area contributed by atoms with E-state index in [2.05, 4.69) is 9.97 Å². The van der Waals surface area contributed by atoms with E-state index < -0.39 is 0 Å². The van der Waals surface area contributed by atoms with Gasteiger partial charge in [-0.05, 0) is 25.7 Å². The Kier molecular flexibility index (Phi) is 5.27. The zero-order valence-electron chi connectivity index (χ0n) is 11.4. The number of hydrogen-bond acceptors (Lipinski definition) is 4. The van der Waals surface area contributed by atoms with Gasteiger partial charge in [-0.15, -0.1) is 0 Å². The van der Waals surface area contributed by atoms with E-state index in [9.17, 15) is 4.79 Å². The Morgan fingerprint density at radius 1 is 1.42 bits per heavy atom. The predicted molar refractivity (Wildman–Crippen MR) is 71.5 cm³/mol. The molecule has 1 aromatic heterocycles. The molecule has 1 fully saturated rings. The fourth-order valence-corrected chi connectivity index (χ4v) is 2.34. The molecule has 0 bridgehead atoms. The molecule has 0 radical (unpaired) electrons. The van der Waals surface area contributed by atoms with E-state index in [-0.39, 0.29) is 5.91 Å². The molecule has 1 aliphatic heterocycles. The second kappa shape index (κ2) is 7.19. The summed E-state index contributed by atoms with van der Waals surface area (Å²) in [7, 11) is 0. The zero-order chi connectivity index (χ0) is 13.5. The Balaban J connectivity index is 1.87. The second-order valence-electron chi connectivity index (χ2n) is 4.86. The molecule has 1 aromatic rings. The van der Waals surface area contributed by atoms with Gasteiger partial charge in [-0.3, -0.25) is 14.8 Å². The highest BCUT2D eigenvalue weighted by Gasteiger charge is 2.20. The smallest absolute Gasteiger partial charge is 0.228 e. The van der Waals surface area contributed by atoms with E-state index in [1.165, 1.54) is 0 Å². The number of aromatic nitrogens is 2. The number of carbonyl (C=O) groups is 1. The van der Waals surface area contributed by atoms with Crippen molar-refractivity contribution < 1.29 is 9.53 Å². The van der Waals surface area contributed by atoms with Crippen LogP contribution in [0.5, 0.6) is 0 Å². The van der Waals surface area contributed by atoms with E-state index in [0.29, 0.717) is 12.3 Å². The van der Waals surface area contributed by atoms with Crippen molar-refractivity contribution in [3.05, 3.63) is 24.3 Å². The van der Waals surface area contributed by atoms with Crippen LogP contribution in [0.2, 0.25) is 0 Å². The van der Waals surface area contributed by atoms with E-state index in [1.54, 1.807) is 18.6 Å². The molecule has 104 valence electrons. The molecule has 5 nitrogen and oxygen atoms in total. The van der Waals surface area contributed by atoms with Crippen molar-refractivity contribution >= 4 is 5.91 Å². The first-order chi connectivity index (χ1) is 9.29. The molecule has 1 saturated heterocycles. The first-order valence-electron chi connectivity index (χ1n) is 6.90. The molecule has 19 heavy (non-hydrogen) atoms. The minimum absolute atomic E-state index is 0.134. The lowest BCUT2D eigenvalue weighted by Crippen LogP contribution is -2.38. The quantitative estimate of drug-likeness (QED) is 0.803. The number of ether oxygens (including phenoxy) is 1. The number of likely N-dealkylation sites (N-methyl/N-ethyl adjacent to an activating group) is 1. The number of amides is 1. The van der Waals surface area contributed by atoms with Gasteiger partial charge in [-0.25, -0.2) is 0 Å². The molecule has 2 rings (SSSR count). The highest BCUT2D eigenvalue weighted by Crippen LogP contribution is 2.16. The van der Waals surface area contributed by atoms with Crippen LogP contribution in [0.25, 0.3) is 0 Å². The van der Waals surface area contributed by atoms with Crippen molar-refractivity contribution in [2.24, 2.45) is 5.92 Å². The molecule has 1 aliphatic rings. The van der Waals surface area contributed by atoms with Crippen molar-refractivity contribution in [1.29, 1.82) is 0 Å². The maximum atomic E-state index is 12.2. The second-order valence-corrected chi connectivity index (χ2v) is 4.86. The van der Waals surface area contributed by atoms with Gasteiger partial charge in [0.2, 0.25) is 5.91 Å². The monoisotopic (exact) mass is 263 g/mol. The summed E-state index contributed by atoms with van der Waals surface area (Å²) in [5.41, 5.74) is 0.734. The number of nitrogens with zero attached hydrogens (tertiary/aromatic N) is 3. The molecule has 0 N–H and O–H groups in total. The SMILES string of the molecule is CCN(CC1CCOCC1)C(=O)Cc1cnccn1. The average Bonchev–Trinajstić information content (AvgIpc) is 2.47. The van der Waals surface area contributed by atoms with Crippen LogP contribution in [-0.2, 0) is 16.0 Å². The van der Waals surface area contributed by atoms with E-state index >= 15 is 0 Å². The largest absolute Gasteiger partial charge is 0.381 e. The molecule has 0 aliphatic carbocycles. The first kappa shape index (κ1) is 13.9. The minimum atomic E-state index is 0.134. The molecule has 5 heteroatoms. The van der Waals surface area contributed by atoms with Crippen LogP contribution in [0, 0.1) is 5.92 Å². The Labute approximate surface area is 114 Å². The Hall–Kier alpha value is -1.49. The molecule has 0 aromatic carbocycles. The lowest BCUT2D eigenvalue weighted by molar-refractivity contribution is -0.131. The van der Waals surface area contributed by atoms with E-state index in [0.717, 1.165) is 44.8 Å². The van der Waals surface area contributed by atoms with Gasteiger partial charge in [-0.1, -0.05) is 0 Å². The average molecular weight is 263 g/mol. The molecular weight excluding hydrogens is 242 g/mol. The van der Waals surface area contributed by atoms with Gasteiger partial charge < -0.3 is 9.64 Å². The maximum Gasteiger partial charge on any atom is 0.228 e. The van der Waals surface area contributed by atoms with Crippen molar-refractivity contribution in [3.8, 4) is 0 Å². The minimum Gasteiger partial charge on any atom is -0.381 e. The van der Waals surface area contributed by atoms with Gasteiger partial charge in [-0.2, -0.15) is 0 Å². The molecule has 0 unspecified atom stereocenters. The number of carbonyl (C=O) groups excluding carboxylic acids is 1. The Bertz CT molecular complexity index is 391. The molecule has 2 heterocycles. The number of hydrogen-bond donors (Lipinski definition) is 0. The topological polar surface area (TPSA) is 55.3 Å². The lowest BCUT2D eigenvalue weighted by atomic mass is 9.99. The van der Waals surface area contributed by atoms with Crippen molar-refractivity contribution in [2.75, 3.05) is 26.3 Å². The molecule has 0 saturated carbocycles. The van der Waals surface area contributed by atoms with Gasteiger partial charge in [0.25, 0.3) is 0 Å². The van der Waals surface area contributed by atoms with Crippen molar-refractivity contribution in [1.82, 2.24) is 14.9 Å². The van der Waals surface area contributed by atoms with Crippen LogP contribution < -0.4 is 0 Å². The number of rotatable bonds is 5. The highest BCUT2D eigenvalue weighted by atomic mass is 16.5. The third-order valence-corrected chi connectivity index (χ3v) is 3.50. The van der Waals surface area contributed by atoms with Gasteiger partial charge >= 0.3 is 0 Å². The van der Waals surface area contributed by atoms with Gasteiger partial charge in [0.15, 0.2) is 0 Å². The first-order valence-corrected chi connectivity index (χ1v) is 6.90. The van der Waals surface area contributed by atoms with Crippen LogP contribution in [-0.4, -0.2) is 47.1 Å². The van der Waals surface area contributed by atoms with Gasteiger partial charge in [0.1, 0.15) is 0 Å². The summed E-state index contributed by atoms with van der Waals surface area (Å²) < 4.78 is 5.35. The Morgan fingerprint density at radius 3 is 2.84 bits per heavy atom. The fraction of sp³-hybridized carbons (Fsp3) is 0.643. The summed E-state index contributed by atoms with van der Waals surface area (Å²) in [4.78, 5) is 22.3. The molecule has 0 spiro atoms. The standard InChI is InChI=1S/C14H21N3O2/c1-2-17(11-12-3-7-19-8-4-12)14(18)9-13-10-15-5-6-16-13/h5-6,10,12H,2-4,7-9,11H2,1H3. The summed E-state index contributed by atoms with van der Waals surface area (Å²) in [6.45, 7) is 5.24. The zero-order valence-corrected chi connectivity index (χ0v) is 11.4. The summed E-state index contributed by atoms with van der Waals surface area (Å²) in [5.74, 6) is 0.703. The van der Waals surface area contributed by atoms with E-state index in [1.807, 2.05) is 11.8 Å². The molecule has 1 amide bonds. The molecular formula is C14H21N3O2. The Morgan fingerprint density at radius 2 is 2.21 bits per heavy atom. The summed E-state index contributed by atoms with van der Waals surface area (Å²) in [6, 6.07) is 0. The summed E-state index contributed by atoms with van der Waals surface area (Å²) in [6.07, 6.45) is 7.33. The maximum absolute atomic E-state index is 12.2. The van der Waals surface area contributed by atoms with Crippen LogP contribution >= 0.6 is 0 Å². The van der Waals surface area contributed by atoms with Crippen molar-refractivity contribution in [2.45, 2.75) is 26.2 Å². The molecule has 0 atom stereocenters. The summed E-state index contributed by atoms with van der Waals surface area (Å²) in [5, 5.41) is 0. The van der Waals surface area contributed by atoms with Crippen molar-refractivity contribution in [3.63, 3.8) is 0 Å². The third kappa shape index (κ3) is 4.28. The van der Waals surface area contributed by atoms with Crippen LogP contribution in [0.15, 0.2) is 18.6 Å². The van der Waals surface area contributed by atoms with Crippen LogP contribution in [0.4, 0.5) is 0 Å². The van der Waals surface area contributed by atoms with E-state index in [4.69, 9.17) is 4.74 Å². The fourth-order valence-electron chi connectivity index (χ4n) is 2.34. The van der Waals surface area contributed by atoms with Crippen LogP contribution in [0.1, 0.15) is 25.5 Å². The van der Waals surface area contributed by atoms with Gasteiger partial charge in [0, 0.05) is 44.9 Å². The van der Waals surface area contributed by atoms with Crippen LogP contribution in [0.3, 0.4) is 0 Å². The normalized spacial score (nSPS) is 16.3. The summed E-state index contributed by atoms with van der Waals surface area (Å²) >= 11 is 0. The highest BCUT2D eigenvalue weighted by molar-refractivity contribution is 5.78. The lowest BCUT2D eigenvalue weighted by Gasteiger charge is -2.29. The third-order valence-electron chi connectivity index (χ3n) is 3.50. The van der Waals surface area contributed by atoms with Gasteiger partial charge in [0.05, 0.1) is 12.1 Å². The predicted octanol–water partition coefficient (Wildman–Crippen LogP) is 1.29.